The predicted molar refractivity (Wildman–Crippen MR) is 127 cm³/mol. The molecule has 3 aromatic rings. The van der Waals surface area contributed by atoms with Gasteiger partial charge in [-0.1, -0.05) is 18.2 Å². The van der Waals surface area contributed by atoms with Crippen molar-refractivity contribution in [3.05, 3.63) is 58.1 Å². The highest BCUT2D eigenvalue weighted by Gasteiger charge is 2.17. The lowest BCUT2D eigenvalue weighted by Crippen LogP contribution is -2.36. The molecule has 0 aliphatic heterocycles. The van der Waals surface area contributed by atoms with Crippen LogP contribution in [0.15, 0.2) is 36.4 Å². The number of nitrogens with one attached hydrogen (secondary N) is 2. The summed E-state index contributed by atoms with van der Waals surface area (Å²) in [5.41, 5.74) is 4.32. The Labute approximate surface area is 191 Å². The van der Waals surface area contributed by atoms with Crippen LogP contribution in [0.3, 0.4) is 0 Å². The van der Waals surface area contributed by atoms with E-state index in [2.05, 4.69) is 15.6 Å². The number of hydrogen-bond donors (Lipinski definition) is 2. The largest absolute Gasteiger partial charge is 0.493 e. The van der Waals surface area contributed by atoms with Gasteiger partial charge in [-0.25, -0.2) is 4.98 Å². The van der Waals surface area contributed by atoms with Gasteiger partial charge in [0.25, 0.3) is 0 Å². The molecule has 0 fully saturated rings. The number of benzene rings is 2. The van der Waals surface area contributed by atoms with E-state index in [4.69, 9.17) is 9.47 Å². The molecule has 0 radical (unpaired) electrons. The summed E-state index contributed by atoms with van der Waals surface area (Å²) in [5, 5.41) is 6.25. The fourth-order valence-corrected chi connectivity index (χ4v) is 4.36. The molecule has 8 heteroatoms. The standard InChI is InChI=1S/C24H27N3O4S/c1-14-7-6-8-15(2)21(14)27-23(29)22(28)25-12-11-20-16(3)26-24(32-20)17-9-10-18(30-4)19(13-17)31-5/h6-10,13H,11-12H2,1-5H3,(H,25,28)(H,27,29). The van der Waals surface area contributed by atoms with Gasteiger partial charge in [-0.2, -0.15) is 0 Å². The monoisotopic (exact) mass is 453 g/mol. The van der Waals surface area contributed by atoms with E-state index in [1.807, 2.05) is 57.2 Å². The van der Waals surface area contributed by atoms with Crippen molar-refractivity contribution in [1.82, 2.24) is 10.3 Å². The zero-order chi connectivity index (χ0) is 23.3. The first-order valence-corrected chi connectivity index (χ1v) is 11.0. The molecule has 3 rings (SSSR count). The van der Waals surface area contributed by atoms with Crippen molar-refractivity contribution in [3.8, 4) is 22.1 Å². The molecule has 0 aliphatic rings. The van der Waals surface area contributed by atoms with Crippen molar-refractivity contribution in [2.45, 2.75) is 27.2 Å². The third-order valence-corrected chi connectivity index (χ3v) is 6.35. The van der Waals surface area contributed by atoms with Crippen LogP contribution in [0.25, 0.3) is 10.6 Å². The zero-order valence-corrected chi connectivity index (χ0v) is 19.7. The van der Waals surface area contributed by atoms with Crippen LogP contribution in [-0.4, -0.2) is 37.6 Å². The lowest BCUT2D eigenvalue weighted by molar-refractivity contribution is -0.136. The van der Waals surface area contributed by atoms with E-state index in [-0.39, 0.29) is 0 Å². The summed E-state index contributed by atoms with van der Waals surface area (Å²) in [6, 6.07) is 11.4. The van der Waals surface area contributed by atoms with E-state index in [1.165, 1.54) is 0 Å². The number of carbonyl (C=O) groups excluding carboxylic acids is 2. The molecule has 2 amide bonds. The summed E-state index contributed by atoms with van der Waals surface area (Å²) in [5.74, 6) is -0.0300. The number of aromatic nitrogens is 1. The van der Waals surface area contributed by atoms with Gasteiger partial charge in [0.1, 0.15) is 5.01 Å². The molecular weight excluding hydrogens is 426 g/mol. The lowest BCUT2D eigenvalue weighted by atomic mass is 10.1. The van der Waals surface area contributed by atoms with E-state index < -0.39 is 11.8 Å². The smallest absolute Gasteiger partial charge is 0.313 e. The second-order valence-corrected chi connectivity index (χ2v) is 8.41. The molecule has 7 nitrogen and oxygen atoms in total. The molecule has 0 aliphatic carbocycles. The number of thiazole rings is 1. The number of carbonyl (C=O) groups is 2. The Morgan fingerprint density at radius 2 is 1.66 bits per heavy atom. The number of anilines is 1. The summed E-state index contributed by atoms with van der Waals surface area (Å²) in [7, 11) is 3.19. The number of hydrogen-bond acceptors (Lipinski definition) is 6. The maximum Gasteiger partial charge on any atom is 0.313 e. The first kappa shape index (κ1) is 23.3. The minimum absolute atomic E-state index is 0.341. The van der Waals surface area contributed by atoms with Gasteiger partial charge in [0.05, 0.1) is 19.9 Å². The number of amides is 2. The van der Waals surface area contributed by atoms with Gasteiger partial charge in [-0.3, -0.25) is 9.59 Å². The topological polar surface area (TPSA) is 89.5 Å². The van der Waals surface area contributed by atoms with Gasteiger partial charge in [-0.15, -0.1) is 11.3 Å². The summed E-state index contributed by atoms with van der Waals surface area (Å²) in [6.07, 6.45) is 0.583. The number of para-hydroxylation sites is 1. The van der Waals surface area contributed by atoms with Crippen LogP contribution >= 0.6 is 11.3 Å². The van der Waals surface area contributed by atoms with Crippen LogP contribution in [-0.2, 0) is 16.0 Å². The molecule has 0 spiro atoms. The van der Waals surface area contributed by atoms with Crippen molar-refractivity contribution in [2.24, 2.45) is 0 Å². The molecule has 0 saturated heterocycles. The second-order valence-electron chi connectivity index (χ2n) is 7.32. The molecule has 32 heavy (non-hydrogen) atoms. The van der Waals surface area contributed by atoms with Crippen LogP contribution in [0, 0.1) is 20.8 Å². The average Bonchev–Trinajstić information content (AvgIpc) is 3.16. The van der Waals surface area contributed by atoms with E-state index >= 15 is 0 Å². The SMILES string of the molecule is COc1ccc(-c2nc(C)c(CCNC(=O)C(=O)Nc3c(C)cccc3C)s2)cc1OC. The molecule has 2 N–H and O–H groups in total. The van der Waals surface area contributed by atoms with Gasteiger partial charge in [-0.05, 0) is 50.1 Å². The van der Waals surface area contributed by atoms with Crippen LogP contribution in [0.2, 0.25) is 0 Å². The summed E-state index contributed by atoms with van der Waals surface area (Å²) >= 11 is 1.55. The number of ether oxygens (including phenoxy) is 2. The molecule has 1 aromatic heterocycles. The van der Waals surface area contributed by atoms with Crippen molar-refractivity contribution >= 4 is 28.8 Å². The van der Waals surface area contributed by atoms with Crippen molar-refractivity contribution in [1.29, 1.82) is 0 Å². The third kappa shape index (κ3) is 5.26. The molecule has 1 heterocycles. The van der Waals surface area contributed by atoms with E-state index in [1.54, 1.807) is 25.6 Å². The molecule has 2 aromatic carbocycles. The maximum atomic E-state index is 12.3. The quantitative estimate of drug-likeness (QED) is 0.527. The first-order chi connectivity index (χ1) is 15.3. The summed E-state index contributed by atoms with van der Waals surface area (Å²) < 4.78 is 10.7. The average molecular weight is 454 g/mol. The Hall–Kier alpha value is -3.39. The summed E-state index contributed by atoms with van der Waals surface area (Å²) in [4.78, 5) is 30.2. The Morgan fingerprint density at radius 1 is 0.969 bits per heavy atom. The third-order valence-electron chi connectivity index (χ3n) is 5.09. The van der Waals surface area contributed by atoms with E-state index in [9.17, 15) is 9.59 Å². The fourth-order valence-electron chi connectivity index (χ4n) is 3.30. The van der Waals surface area contributed by atoms with Crippen LogP contribution < -0.4 is 20.1 Å². The van der Waals surface area contributed by atoms with Gasteiger partial charge in [0.15, 0.2) is 11.5 Å². The molecule has 0 bridgehead atoms. The lowest BCUT2D eigenvalue weighted by Gasteiger charge is -2.11. The van der Waals surface area contributed by atoms with Crippen LogP contribution in [0.4, 0.5) is 5.69 Å². The maximum absolute atomic E-state index is 12.3. The number of nitrogens with zero attached hydrogens (tertiary/aromatic N) is 1. The highest BCUT2D eigenvalue weighted by molar-refractivity contribution is 7.15. The first-order valence-electron chi connectivity index (χ1n) is 10.2. The second kappa shape index (κ2) is 10.3. The minimum atomic E-state index is -0.672. The highest BCUT2D eigenvalue weighted by Crippen LogP contribution is 2.35. The number of rotatable bonds is 7. The van der Waals surface area contributed by atoms with Crippen molar-refractivity contribution < 1.29 is 19.1 Å². The molecule has 0 atom stereocenters. The van der Waals surface area contributed by atoms with Gasteiger partial charge >= 0.3 is 11.8 Å². The zero-order valence-electron chi connectivity index (χ0n) is 18.9. The Kier molecular flexibility index (Phi) is 7.48. The number of methoxy groups -OCH3 is 2. The van der Waals surface area contributed by atoms with Crippen LogP contribution in [0.1, 0.15) is 21.7 Å². The molecular formula is C24H27N3O4S. The van der Waals surface area contributed by atoms with Gasteiger partial charge < -0.3 is 20.1 Å². The van der Waals surface area contributed by atoms with E-state index in [0.29, 0.717) is 30.2 Å². The van der Waals surface area contributed by atoms with Crippen molar-refractivity contribution in [3.63, 3.8) is 0 Å². The molecule has 168 valence electrons. The molecule has 0 saturated carbocycles. The van der Waals surface area contributed by atoms with E-state index in [0.717, 1.165) is 32.3 Å². The summed E-state index contributed by atoms with van der Waals surface area (Å²) in [6.45, 7) is 6.06. The Morgan fingerprint density at radius 3 is 2.31 bits per heavy atom. The minimum Gasteiger partial charge on any atom is -0.493 e. The number of aryl methyl sites for hydroxylation is 3. The molecule has 0 unspecified atom stereocenters. The van der Waals surface area contributed by atoms with Crippen molar-refractivity contribution in [2.75, 3.05) is 26.1 Å². The fraction of sp³-hybridized carbons (Fsp3) is 0.292. The van der Waals surface area contributed by atoms with Gasteiger partial charge in [0, 0.05) is 29.1 Å². The van der Waals surface area contributed by atoms with Crippen LogP contribution in [0.5, 0.6) is 11.5 Å². The Balaban J connectivity index is 1.60. The normalized spacial score (nSPS) is 10.5. The van der Waals surface area contributed by atoms with Gasteiger partial charge in [0.2, 0.25) is 0 Å². The Bertz CT molecular complexity index is 1120. The predicted octanol–water partition coefficient (Wildman–Crippen LogP) is 4.05. The highest BCUT2D eigenvalue weighted by atomic mass is 32.1.